The minimum Gasteiger partial charge on any atom is -0.362 e. The summed E-state index contributed by atoms with van der Waals surface area (Å²) in [5, 5.41) is 4.65. The summed E-state index contributed by atoms with van der Waals surface area (Å²) in [6.45, 7) is 0.253. The van der Waals surface area contributed by atoms with Crippen LogP contribution in [0.1, 0.15) is 30.1 Å². The molecule has 1 unspecified atom stereocenters. The predicted octanol–water partition coefficient (Wildman–Crippen LogP) is 2.62. The molecule has 22 heavy (non-hydrogen) atoms. The number of aryl methyl sites for hydroxylation is 2. The highest BCUT2D eigenvalue weighted by Crippen LogP contribution is 2.37. The number of rotatable bonds is 4. The molecular formula is C13H17ClF3N3O2. The summed E-state index contributed by atoms with van der Waals surface area (Å²) in [6, 6.07) is -0.261. The Hall–Kier alpha value is -1.28. The fourth-order valence-corrected chi connectivity index (χ4v) is 3.03. The molecule has 0 spiro atoms. The van der Waals surface area contributed by atoms with Crippen LogP contribution >= 0.6 is 11.6 Å². The van der Waals surface area contributed by atoms with Gasteiger partial charge in [-0.3, -0.25) is 9.48 Å². The summed E-state index contributed by atoms with van der Waals surface area (Å²) >= 11 is 6.21. The third-order valence-corrected chi connectivity index (χ3v) is 4.04. The maximum absolute atomic E-state index is 12.1. The molecule has 0 N–H and O–H groups in total. The van der Waals surface area contributed by atoms with Crippen LogP contribution in [0.15, 0.2) is 0 Å². The second-order valence-corrected chi connectivity index (χ2v) is 5.62. The van der Waals surface area contributed by atoms with Gasteiger partial charge in [0.2, 0.25) is 5.91 Å². The summed E-state index contributed by atoms with van der Waals surface area (Å²) in [4.78, 5) is 13.6. The Kier molecular flexibility index (Phi) is 5.01. The van der Waals surface area contributed by atoms with Crippen molar-refractivity contribution in [3.63, 3.8) is 0 Å². The van der Waals surface area contributed by atoms with Crippen LogP contribution in [0, 0.1) is 6.92 Å². The number of hydrogen-bond acceptors (Lipinski definition) is 3. The molecule has 0 aliphatic carbocycles. The van der Waals surface area contributed by atoms with Crippen LogP contribution in [0.2, 0.25) is 5.15 Å². The molecule has 1 aliphatic heterocycles. The van der Waals surface area contributed by atoms with Gasteiger partial charge in [-0.05, 0) is 19.8 Å². The first-order valence-electron chi connectivity index (χ1n) is 6.83. The molecule has 1 aliphatic rings. The summed E-state index contributed by atoms with van der Waals surface area (Å²) in [5.74, 6) is -0.467. The Bertz CT molecular complexity index is 559. The van der Waals surface area contributed by atoms with E-state index in [-0.39, 0.29) is 6.04 Å². The van der Waals surface area contributed by atoms with Gasteiger partial charge in [0.25, 0.3) is 0 Å². The standard InChI is InChI=1S/C13H17ClF3N3O2/c1-8-11(12(14)19(2)18-8)9-4-3-5-20(9)10(21)6-22-7-13(15,16)17/h9H,3-7H2,1-2H3. The van der Waals surface area contributed by atoms with Gasteiger partial charge in [-0.2, -0.15) is 18.3 Å². The van der Waals surface area contributed by atoms with Crippen LogP contribution in [-0.2, 0) is 16.6 Å². The molecule has 0 radical (unpaired) electrons. The highest BCUT2D eigenvalue weighted by atomic mass is 35.5. The highest BCUT2D eigenvalue weighted by molar-refractivity contribution is 6.30. The van der Waals surface area contributed by atoms with E-state index in [1.165, 1.54) is 9.58 Å². The first-order valence-corrected chi connectivity index (χ1v) is 7.21. The average Bonchev–Trinajstić information content (AvgIpc) is 2.94. The molecule has 124 valence electrons. The van der Waals surface area contributed by atoms with Crippen LogP contribution < -0.4 is 0 Å². The SMILES string of the molecule is Cc1nn(C)c(Cl)c1C1CCCN1C(=O)COCC(F)(F)F. The van der Waals surface area contributed by atoms with Crippen molar-refractivity contribution in [3.8, 4) is 0 Å². The minimum atomic E-state index is -4.44. The number of alkyl halides is 3. The van der Waals surface area contributed by atoms with E-state index in [1.807, 2.05) is 0 Å². The Morgan fingerprint density at radius 1 is 1.50 bits per heavy atom. The highest BCUT2D eigenvalue weighted by Gasteiger charge is 2.35. The molecule has 1 fully saturated rings. The summed E-state index contributed by atoms with van der Waals surface area (Å²) < 4.78 is 42.1. The van der Waals surface area contributed by atoms with Gasteiger partial charge in [0.1, 0.15) is 18.4 Å². The summed E-state index contributed by atoms with van der Waals surface area (Å²) in [7, 11) is 1.70. The zero-order chi connectivity index (χ0) is 16.5. The molecule has 2 heterocycles. The van der Waals surface area contributed by atoms with Gasteiger partial charge in [0.15, 0.2) is 0 Å². The van der Waals surface area contributed by atoms with Crippen LogP contribution in [0.5, 0.6) is 0 Å². The van der Waals surface area contributed by atoms with E-state index in [9.17, 15) is 18.0 Å². The predicted molar refractivity (Wildman–Crippen MR) is 73.5 cm³/mol. The van der Waals surface area contributed by atoms with E-state index in [1.54, 1.807) is 14.0 Å². The van der Waals surface area contributed by atoms with Crippen molar-refractivity contribution in [3.05, 3.63) is 16.4 Å². The lowest BCUT2D eigenvalue weighted by Gasteiger charge is -2.25. The van der Waals surface area contributed by atoms with Gasteiger partial charge >= 0.3 is 6.18 Å². The van der Waals surface area contributed by atoms with Crippen molar-refractivity contribution < 1.29 is 22.7 Å². The van der Waals surface area contributed by atoms with Gasteiger partial charge < -0.3 is 9.64 Å². The van der Waals surface area contributed by atoms with E-state index in [0.717, 1.165) is 12.0 Å². The number of ether oxygens (including phenoxy) is 1. The third-order valence-electron chi connectivity index (χ3n) is 3.59. The molecule has 1 aromatic rings. The number of carbonyl (C=O) groups excluding carboxylic acids is 1. The average molecular weight is 340 g/mol. The molecule has 0 aromatic carbocycles. The van der Waals surface area contributed by atoms with Gasteiger partial charge in [-0.15, -0.1) is 0 Å². The first kappa shape index (κ1) is 17.1. The van der Waals surface area contributed by atoms with Crippen molar-refractivity contribution in [2.45, 2.75) is 32.0 Å². The van der Waals surface area contributed by atoms with Gasteiger partial charge in [0, 0.05) is 19.2 Å². The number of carbonyl (C=O) groups is 1. The van der Waals surface area contributed by atoms with Crippen molar-refractivity contribution in [2.24, 2.45) is 7.05 Å². The Morgan fingerprint density at radius 3 is 2.73 bits per heavy atom. The fourth-order valence-electron chi connectivity index (χ4n) is 2.73. The number of hydrogen-bond donors (Lipinski definition) is 0. The Balaban J connectivity index is 2.06. The lowest BCUT2D eigenvalue weighted by atomic mass is 10.1. The second-order valence-electron chi connectivity index (χ2n) is 5.27. The number of likely N-dealkylation sites (tertiary alicyclic amines) is 1. The largest absolute Gasteiger partial charge is 0.411 e. The molecular weight excluding hydrogens is 323 g/mol. The van der Waals surface area contributed by atoms with E-state index in [4.69, 9.17) is 11.6 Å². The zero-order valence-electron chi connectivity index (χ0n) is 12.3. The molecule has 0 bridgehead atoms. The van der Waals surface area contributed by atoms with Crippen LogP contribution in [0.25, 0.3) is 0 Å². The number of amides is 1. The topological polar surface area (TPSA) is 47.4 Å². The fraction of sp³-hybridized carbons (Fsp3) is 0.692. The lowest BCUT2D eigenvalue weighted by Crippen LogP contribution is -2.35. The summed E-state index contributed by atoms with van der Waals surface area (Å²) in [6.07, 6.45) is -2.97. The maximum Gasteiger partial charge on any atom is 0.411 e. The molecule has 9 heteroatoms. The molecule has 1 aromatic heterocycles. The second kappa shape index (κ2) is 6.45. The van der Waals surface area contributed by atoms with E-state index >= 15 is 0 Å². The Morgan fingerprint density at radius 2 is 2.18 bits per heavy atom. The van der Waals surface area contributed by atoms with Crippen molar-refractivity contribution in [1.82, 2.24) is 14.7 Å². The number of nitrogens with zero attached hydrogens (tertiary/aromatic N) is 3. The van der Waals surface area contributed by atoms with Crippen molar-refractivity contribution in [2.75, 3.05) is 19.8 Å². The molecule has 5 nitrogen and oxygen atoms in total. The summed E-state index contributed by atoms with van der Waals surface area (Å²) in [5.41, 5.74) is 1.47. The quantitative estimate of drug-likeness (QED) is 0.847. The van der Waals surface area contributed by atoms with Crippen LogP contribution in [0.3, 0.4) is 0 Å². The zero-order valence-corrected chi connectivity index (χ0v) is 13.0. The molecule has 1 atom stereocenters. The van der Waals surface area contributed by atoms with Gasteiger partial charge in [0.05, 0.1) is 11.7 Å². The third kappa shape index (κ3) is 3.73. The number of aromatic nitrogens is 2. The smallest absolute Gasteiger partial charge is 0.362 e. The maximum atomic E-state index is 12.1. The molecule has 1 saturated heterocycles. The number of halogens is 4. The molecule has 2 rings (SSSR count). The minimum absolute atomic E-state index is 0.261. The van der Waals surface area contributed by atoms with E-state index < -0.39 is 25.3 Å². The van der Waals surface area contributed by atoms with E-state index in [0.29, 0.717) is 23.8 Å². The first-order chi connectivity index (χ1) is 10.2. The lowest BCUT2D eigenvalue weighted by molar-refractivity contribution is -0.178. The van der Waals surface area contributed by atoms with Gasteiger partial charge in [-0.25, -0.2) is 0 Å². The van der Waals surface area contributed by atoms with Crippen LogP contribution in [-0.4, -0.2) is 46.5 Å². The molecule has 1 amide bonds. The Labute approximate surface area is 131 Å². The van der Waals surface area contributed by atoms with E-state index in [2.05, 4.69) is 9.84 Å². The normalized spacial score (nSPS) is 19.0. The van der Waals surface area contributed by atoms with Crippen molar-refractivity contribution in [1.29, 1.82) is 0 Å². The van der Waals surface area contributed by atoms with Crippen LogP contribution in [0.4, 0.5) is 13.2 Å². The van der Waals surface area contributed by atoms with Crippen molar-refractivity contribution >= 4 is 17.5 Å². The monoisotopic (exact) mass is 339 g/mol. The molecule has 0 saturated carbocycles. The van der Waals surface area contributed by atoms with Gasteiger partial charge in [-0.1, -0.05) is 11.6 Å².